The van der Waals surface area contributed by atoms with Crippen LogP contribution in [0.3, 0.4) is 0 Å². The molecule has 8 heteroatoms. The van der Waals surface area contributed by atoms with Crippen LogP contribution in [0.2, 0.25) is 0 Å². The number of benzene rings is 1. The molecule has 2 heterocycles. The summed E-state index contributed by atoms with van der Waals surface area (Å²) in [5.41, 5.74) is 0.306. The molecule has 1 amide bonds. The Bertz CT molecular complexity index is 1220. The quantitative estimate of drug-likeness (QED) is 0.652. The first kappa shape index (κ1) is 25.9. The van der Waals surface area contributed by atoms with Gasteiger partial charge in [-0.1, -0.05) is 46.0 Å². The second-order valence-corrected chi connectivity index (χ2v) is 12.6. The molecule has 1 saturated carbocycles. The molecule has 1 N–H and O–H groups in total. The molecule has 0 radical (unpaired) electrons. The zero-order chi connectivity index (χ0) is 25.2. The van der Waals surface area contributed by atoms with E-state index in [2.05, 4.69) is 19.2 Å². The molecular formula is C27H39N3O4S. The molecule has 1 aliphatic heterocycles. The van der Waals surface area contributed by atoms with Gasteiger partial charge in [0.15, 0.2) is 0 Å². The Morgan fingerprint density at radius 2 is 1.66 bits per heavy atom. The minimum atomic E-state index is -3.73. The molecule has 2 fully saturated rings. The lowest BCUT2D eigenvalue weighted by Crippen LogP contribution is -2.42. The first-order valence-corrected chi connectivity index (χ1v) is 14.6. The van der Waals surface area contributed by atoms with Gasteiger partial charge in [-0.15, -0.1) is 0 Å². The van der Waals surface area contributed by atoms with Gasteiger partial charge in [-0.05, 0) is 56.2 Å². The molecule has 7 nitrogen and oxygen atoms in total. The van der Waals surface area contributed by atoms with E-state index in [9.17, 15) is 18.0 Å². The fourth-order valence-electron chi connectivity index (χ4n) is 5.78. The van der Waals surface area contributed by atoms with E-state index in [0.717, 1.165) is 32.1 Å². The highest BCUT2D eigenvalue weighted by atomic mass is 32.2. The standard InChI is InChI=1S/C27H39N3O4S/c1-4-29-18-24(27(32)28-21-10-8-6-5-7-9-11-21)26(31)23-15-22(12-13-25(23)29)35(33,34)30-16-19(2)14-20(3)17-30/h12-13,15,18-21H,4-11,14,16-17H2,1-3H3,(H,28,32)/t19-,20-/m1/s1. The summed E-state index contributed by atoms with van der Waals surface area (Å²) in [5, 5.41) is 3.36. The fourth-order valence-corrected chi connectivity index (χ4v) is 7.48. The molecule has 1 saturated heterocycles. The Labute approximate surface area is 208 Å². The second kappa shape index (κ2) is 10.8. The van der Waals surface area contributed by atoms with Gasteiger partial charge in [0.05, 0.1) is 10.4 Å². The molecule has 0 bridgehead atoms. The van der Waals surface area contributed by atoms with Crippen molar-refractivity contribution in [2.24, 2.45) is 11.8 Å². The maximum absolute atomic E-state index is 13.5. The molecule has 4 rings (SSSR count). The van der Waals surface area contributed by atoms with Crippen molar-refractivity contribution < 1.29 is 13.2 Å². The molecule has 192 valence electrons. The molecule has 1 aliphatic carbocycles. The van der Waals surface area contributed by atoms with E-state index < -0.39 is 15.5 Å². The number of carbonyl (C=O) groups is 1. The van der Waals surface area contributed by atoms with Crippen LogP contribution < -0.4 is 10.7 Å². The number of aromatic nitrogens is 1. The summed E-state index contributed by atoms with van der Waals surface area (Å²) in [6.07, 6.45) is 10.2. The number of hydrogen-bond donors (Lipinski definition) is 1. The number of nitrogens with zero attached hydrogens (tertiary/aromatic N) is 2. The zero-order valence-electron chi connectivity index (χ0n) is 21.3. The number of rotatable bonds is 5. The summed E-state index contributed by atoms with van der Waals surface area (Å²) in [7, 11) is -3.73. The smallest absolute Gasteiger partial charge is 0.256 e. The summed E-state index contributed by atoms with van der Waals surface area (Å²) in [5.74, 6) is 0.210. The molecule has 1 aromatic heterocycles. The van der Waals surface area contributed by atoms with Gasteiger partial charge >= 0.3 is 0 Å². The van der Waals surface area contributed by atoms with Crippen molar-refractivity contribution in [1.29, 1.82) is 0 Å². The minimum Gasteiger partial charge on any atom is -0.349 e. The third kappa shape index (κ3) is 5.64. The largest absolute Gasteiger partial charge is 0.349 e. The highest BCUT2D eigenvalue weighted by Gasteiger charge is 2.32. The molecule has 2 aliphatic rings. The second-order valence-electron chi connectivity index (χ2n) is 10.6. The zero-order valence-corrected chi connectivity index (χ0v) is 22.1. The van der Waals surface area contributed by atoms with Gasteiger partial charge in [0.25, 0.3) is 5.91 Å². The maximum atomic E-state index is 13.5. The SMILES string of the molecule is CCn1cc(C(=O)NC2CCCCCCC2)c(=O)c2cc(S(=O)(=O)N3C[C@H](C)C[C@@H](C)C3)ccc21. The van der Waals surface area contributed by atoms with Crippen LogP contribution in [-0.2, 0) is 16.6 Å². The van der Waals surface area contributed by atoms with Gasteiger partial charge in [0.2, 0.25) is 15.5 Å². The lowest BCUT2D eigenvalue weighted by molar-refractivity contribution is 0.0929. The number of nitrogens with one attached hydrogen (secondary N) is 1. The van der Waals surface area contributed by atoms with Gasteiger partial charge in [-0.25, -0.2) is 8.42 Å². The Hall–Kier alpha value is -2.19. The number of hydrogen-bond acceptors (Lipinski definition) is 4. The summed E-state index contributed by atoms with van der Waals surface area (Å²) in [6, 6.07) is 4.82. The van der Waals surface area contributed by atoms with Gasteiger partial charge in [-0.3, -0.25) is 9.59 Å². The van der Waals surface area contributed by atoms with E-state index in [0.29, 0.717) is 25.2 Å². The van der Waals surface area contributed by atoms with Crippen LogP contribution in [0.4, 0.5) is 0 Å². The summed E-state index contributed by atoms with van der Waals surface area (Å²) >= 11 is 0. The summed E-state index contributed by atoms with van der Waals surface area (Å²) < 4.78 is 30.3. The van der Waals surface area contributed by atoms with Gasteiger partial charge in [-0.2, -0.15) is 4.31 Å². The van der Waals surface area contributed by atoms with Crippen LogP contribution in [0.5, 0.6) is 0 Å². The van der Waals surface area contributed by atoms with Crippen LogP contribution >= 0.6 is 0 Å². The topological polar surface area (TPSA) is 88.5 Å². The average molecular weight is 502 g/mol. The summed E-state index contributed by atoms with van der Waals surface area (Å²) in [4.78, 5) is 26.8. The van der Waals surface area contributed by atoms with E-state index in [4.69, 9.17) is 0 Å². The molecule has 2 aromatic rings. The molecule has 35 heavy (non-hydrogen) atoms. The molecule has 0 spiro atoms. The Balaban J connectivity index is 1.70. The number of aryl methyl sites for hydroxylation is 1. The number of amides is 1. The Morgan fingerprint density at radius 1 is 1.03 bits per heavy atom. The van der Waals surface area contributed by atoms with Gasteiger partial charge in [0.1, 0.15) is 5.56 Å². The third-order valence-corrected chi connectivity index (χ3v) is 9.38. The van der Waals surface area contributed by atoms with Crippen LogP contribution in [0, 0.1) is 11.8 Å². The monoisotopic (exact) mass is 501 g/mol. The van der Waals surface area contributed by atoms with Crippen molar-refractivity contribution >= 4 is 26.8 Å². The van der Waals surface area contributed by atoms with Crippen LogP contribution in [0.1, 0.15) is 82.5 Å². The van der Waals surface area contributed by atoms with Crippen molar-refractivity contribution in [3.05, 3.63) is 40.2 Å². The predicted molar refractivity (Wildman–Crippen MR) is 139 cm³/mol. The van der Waals surface area contributed by atoms with E-state index in [1.807, 2.05) is 11.5 Å². The van der Waals surface area contributed by atoms with Crippen molar-refractivity contribution in [3.63, 3.8) is 0 Å². The maximum Gasteiger partial charge on any atom is 0.256 e. The lowest BCUT2D eigenvalue weighted by atomic mass is 9.94. The highest BCUT2D eigenvalue weighted by molar-refractivity contribution is 7.89. The number of piperidine rings is 1. The van der Waals surface area contributed by atoms with E-state index in [-0.39, 0.29) is 39.6 Å². The van der Waals surface area contributed by atoms with Crippen molar-refractivity contribution in [2.75, 3.05) is 13.1 Å². The normalized spacial score (nSPS) is 23.1. The molecule has 1 aromatic carbocycles. The van der Waals surface area contributed by atoms with Crippen molar-refractivity contribution in [2.45, 2.75) is 89.6 Å². The van der Waals surface area contributed by atoms with Crippen LogP contribution in [0.15, 0.2) is 34.1 Å². The van der Waals surface area contributed by atoms with E-state index in [1.54, 1.807) is 18.3 Å². The molecule has 2 atom stereocenters. The highest BCUT2D eigenvalue weighted by Crippen LogP contribution is 2.28. The van der Waals surface area contributed by atoms with Crippen molar-refractivity contribution in [1.82, 2.24) is 14.2 Å². The van der Waals surface area contributed by atoms with Crippen molar-refractivity contribution in [3.8, 4) is 0 Å². The Kier molecular flexibility index (Phi) is 8.01. The predicted octanol–water partition coefficient (Wildman–Crippen LogP) is 4.53. The van der Waals surface area contributed by atoms with Crippen LogP contribution in [-0.4, -0.2) is 42.3 Å². The van der Waals surface area contributed by atoms with E-state index >= 15 is 0 Å². The third-order valence-electron chi connectivity index (χ3n) is 7.55. The summed E-state index contributed by atoms with van der Waals surface area (Å²) in [6.45, 7) is 7.61. The minimum absolute atomic E-state index is 0.0720. The average Bonchev–Trinajstić information content (AvgIpc) is 2.80. The molecule has 0 unspecified atom stereocenters. The van der Waals surface area contributed by atoms with Crippen LogP contribution in [0.25, 0.3) is 10.9 Å². The first-order valence-electron chi connectivity index (χ1n) is 13.2. The van der Waals surface area contributed by atoms with Gasteiger partial charge < -0.3 is 9.88 Å². The number of sulfonamides is 1. The van der Waals surface area contributed by atoms with Gasteiger partial charge in [0, 0.05) is 37.3 Å². The number of carbonyl (C=O) groups excluding carboxylic acids is 1. The number of fused-ring (bicyclic) bond motifs is 1. The molecular weight excluding hydrogens is 462 g/mol. The fraction of sp³-hybridized carbons (Fsp3) is 0.630. The first-order chi connectivity index (χ1) is 16.7. The van der Waals surface area contributed by atoms with E-state index in [1.165, 1.54) is 29.6 Å². The number of pyridine rings is 1. The Morgan fingerprint density at radius 3 is 2.29 bits per heavy atom. The lowest BCUT2D eigenvalue weighted by Gasteiger charge is -2.34.